The van der Waals surface area contributed by atoms with Gasteiger partial charge in [-0.1, -0.05) is 18.5 Å². The number of carbonyl (C=O) groups is 1. The summed E-state index contributed by atoms with van der Waals surface area (Å²) in [4.78, 5) is 22.8. The molecule has 1 spiro atoms. The van der Waals surface area contributed by atoms with Gasteiger partial charge in [-0.05, 0) is 36.6 Å². The number of hydrogen-bond acceptors (Lipinski definition) is 3. The third-order valence-electron chi connectivity index (χ3n) is 5.81. The highest BCUT2D eigenvalue weighted by molar-refractivity contribution is 6.29. The molecule has 1 fully saturated rings. The summed E-state index contributed by atoms with van der Waals surface area (Å²) in [6.07, 6.45) is 3.63. The Bertz CT molecular complexity index is 866. The Kier molecular flexibility index (Phi) is 2.92. The van der Waals surface area contributed by atoms with Crippen molar-refractivity contribution in [3.05, 3.63) is 39.8 Å². The molecular formula is C18H19ClN4O. The van der Waals surface area contributed by atoms with Crippen LogP contribution in [0.1, 0.15) is 34.1 Å². The normalized spacial score (nSPS) is 20.8. The number of amides is 1. The number of carbonyl (C=O) groups excluding carboxylic acids is 1. The van der Waals surface area contributed by atoms with Crippen molar-refractivity contribution in [2.24, 2.45) is 0 Å². The minimum atomic E-state index is 0.0353. The van der Waals surface area contributed by atoms with Crippen LogP contribution >= 0.6 is 11.6 Å². The van der Waals surface area contributed by atoms with Crippen LogP contribution in [0.4, 0.5) is 0 Å². The molecule has 24 heavy (non-hydrogen) atoms. The number of halogens is 1. The van der Waals surface area contributed by atoms with Crippen LogP contribution in [0.15, 0.2) is 12.3 Å². The molecule has 0 atom stereocenters. The lowest BCUT2D eigenvalue weighted by Crippen LogP contribution is -2.66. The summed E-state index contributed by atoms with van der Waals surface area (Å²) in [6, 6.07) is 1.92. The first-order valence-corrected chi connectivity index (χ1v) is 8.90. The fraction of sp³-hybridized carbons (Fsp3) is 0.444. The van der Waals surface area contributed by atoms with Gasteiger partial charge in [0.25, 0.3) is 5.91 Å². The number of rotatable bonds is 1. The summed E-state index contributed by atoms with van der Waals surface area (Å²) in [5.41, 5.74) is 6.55. The maximum Gasteiger partial charge on any atom is 0.253 e. The Balaban J connectivity index is 1.69. The second-order valence-corrected chi connectivity index (χ2v) is 7.55. The van der Waals surface area contributed by atoms with Crippen molar-refractivity contribution in [2.75, 3.05) is 26.2 Å². The number of fused-ring (bicyclic) bond motifs is 6. The first-order chi connectivity index (χ1) is 11.6. The highest BCUT2D eigenvalue weighted by Crippen LogP contribution is 2.44. The van der Waals surface area contributed by atoms with E-state index in [0.717, 1.165) is 67.1 Å². The largest absolute Gasteiger partial charge is 0.357 e. The van der Waals surface area contributed by atoms with E-state index in [2.05, 4.69) is 27.1 Å². The van der Waals surface area contributed by atoms with Crippen molar-refractivity contribution in [1.82, 2.24) is 20.2 Å². The predicted molar refractivity (Wildman–Crippen MR) is 92.6 cm³/mol. The van der Waals surface area contributed by atoms with Crippen molar-refractivity contribution < 1.29 is 4.79 Å². The molecule has 0 unspecified atom stereocenters. The molecular weight excluding hydrogens is 324 g/mol. The standard InChI is InChI=1S/C18H19ClN4O/c1-2-23-8-18(9-23)7-21-17(24)14-11-4-3-10-6-20-13(19)5-12(10)15(11)22-16(14)18/h5-6,22H,2-4,7-9H2,1H3,(H,21,24). The monoisotopic (exact) mass is 342 g/mol. The molecule has 2 aromatic heterocycles. The van der Waals surface area contributed by atoms with Gasteiger partial charge in [-0.2, -0.15) is 0 Å². The minimum absolute atomic E-state index is 0.0353. The third kappa shape index (κ3) is 1.80. The number of nitrogens with zero attached hydrogens (tertiary/aromatic N) is 2. The van der Waals surface area contributed by atoms with E-state index in [-0.39, 0.29) is 11.3 Å². The van der Waals surface area contributed by atoms with Crippen LogP contribution in [0.5, 0.6) is 0 Å². The topological polar surface area (TPSA) is 61.0 Å². The minimum Gasteiger partial charge on any atom is -0.357 e. The van der Waals surface area contributed by atoms with Crippen LogP contribution in [-0.2, 0) is 18.3 Å². The summed E-state index contributed by atoms with van der Waals surface area (Å²) in [7, 11) is 0. The molecule has 3 aliphatic rings. The van der Waals surface area contributed by atoms with Gasteiger partial charge < -0.3 is 15.2 Å². The van der Waals surface area contributed by atoms with Gasteiger partial charge in [0, 0.05) is 37.1 Å². The first-order valence-electron chi connectivity index (χ1n) is 8.52. The van der Waals surface area contributed by atoms with E-state index in [9.17, 15) is 4.79 Å². The van der Waals surface area contributed by atoms with E-state index in [1.54, 1.807) is 0 Å². The second kappa shape index (κ2) is 4.83. The molecule has 5 rings (SSSR count). The molecule has 1 amide bonds. The van der Waals surface area contributed by atoms with Gasteiger partial charge in [0.05, 0.1) is 16.7 Å². The number of likely N-dealkylation sites (N-methyl/N-ethyl adjacent to an activating group) is 1. The molecule has 0 aromatic carbocycles. The van der Waals surface area contributed by atoms with Crippen molar-refractivity contribution >= 4 is 17.5 Å². The summed E-state index contributed by atoms with van der Waals surface area (Å²) >= 11 is 6.12. The fourth-order valence-electron chi connectivity index (χ4n) is 4.55. The van der Waals surface area contributed by atoms with Crippen LogP contribution in [0.3, 0.4) is 0 Å². The molecule has 1 aliphatic carbocycles. The molecule has 0 radical (unpaired) electrons. The number of H-pyrrole nitrogens is 1. The summed E-state index contributed by atoms with van der Waals surface area (Å²) < 4.78 is 0. The van der Waals surface area contributed by atoms with Crippen LogP contribution in [0.25, 0.3) is 11.3 Å². The van der Waals surface area contributed by atoms with E-state index >= 15 is 0 Å². The van der Waals surface area contributed by atoms with Gasteiger partial charge in [-0.15, -0.1) is 0 Å². The van der Waals surface area contributed by atoms with Crippen molar-refractivity contribution in [1.29, 1.82) is 0 Å². The van der Waals surface area contributed by atoms with E-state index in [1.807, 2.05) is 12.3 Å². The smallest absolute Gasteiger partial charge is 0.253 e. The Morgan fingerprint density at radius 2 is 2.21 bits per heavy atom. The van der Waals surface area contributed by atoms with E-state index < -0.39 is 0 Å². The maximum atomic E-state index is 12.6. The Morgan fingerprint density at radius 3 is 3.00 bits per heavy atom. The molecule has 124 valence electrons. The van der Waals surface area contributed by atoms with Gasteiger partial charge in [0.1, 0.15) is 5.15 Å². The first kappa shape index (κ1) is 14.5. The van der Waals surface area contributed by atoms with Crippen molar-refractivity contribution in [2.45, 2.75) is 25.2 Å². The molecule has 5 nitrogen and oxygen atoms in total. The number of pyridine rings is 1. The van der Waals surface area contributed by atoms with E-state index in [1.165, 1.54) is 5.56 Å². The zero-order valence-corrected chi connectivity index (χ0v) is 14.3. The van der Waals surface area contributed by atoms with Gasteiger partial charge in [-0.25, -0.2) is 4.98 Å². The maximum absolute atomic E-state index is 12.6. The number of aryl methyl sites for hydroxylation is 1. The van der Waals surface area contributed by atoms with Gasteiger partial charge in [0.2, 0.25) is 0 Å². The fourth-order valence-corrected chi connectivity index (χ4v) is 4.70. The van der Waals surface area contributed by atoms with Crippen LogP contribution in [0, 0.1) is 0 Å². The molecule has 2 N–H and O–H groups in total. The van der Waals surface area contributed by atoms with Crippen LogP contribution in [-0.4, -0.2) is 47.0 Å². The average molecular weight is 343 g/mol. The number of aromatic nitrogens is 2. The highest BCUT2D eigenvalue weighted by atomic mass is 35.5. The van der Waals surface area contributed by atoms with Crippen molar-refractivity contribution in [3.8, 4) is 11.3 Å². The Morgan fingerprint density at radius 1 is 1.38 bits per heavy atom. The highest BCUT2D eigenvalue weighted by Gasteiger charge is 2.50. The van der Waals surface area contributed by atoms with Gasteiger partial charge >= 0.3 is 0 Å². The molecule has 6 heteroatoms. The van der Waals surface area contributed by atoms with Crippen LogP contribution < -0.4 is 5.32 Å². The molecule has 0 bridgehead atoms. The number of aromatic amines is 1. The van der Waals surface area contributed by atoms with Gasteiger partial charge in [-0.3, -0.25) is 4.79 Å². The summed E-state index contributed by atoms with van der Waals surface area (Å²) in [5, 5.41) is 3.62. The predicted octanol–water partition coefficient (Wildman–Crippen LogP) is 2.15. The lowest BCUT2D eigenvalue weighted by atomic mass is 9.72. The molecule has 2 aliphatic heterocycles. The second-order valence-electron chi connectivity index (χ2n) is 7.16. The summed E-state index contributed by atoms with van der Waals surface area (Å²) in [6.45, 7) is 5.95. The quantitative estimate of drug-likeness (QED) is 0.781. The number of nitrogens with one attached hydrogen (secondary N) is 2. The van der Waals surface area contributed by atoms with E-state index in [4.69, 9.17) is 11.6 Å². The van der Waals surface area contributed by atoms with Gasteiger partial charge in [0.15, 0.2) is 0 Å². The Hall–Kier alpha value is -1.85. The molecule has 0 saturated carbocycles. The zero-order chi connectivity index (χ0) is 16.5. The number of hydrogen-bond donors (Lipinski definition) is 2. The SMILES string of the molecule is CCN1CC2(CNC(=O)c3c2[nH]c2c3CCc3cnc(Cl)cc3-2)C1. The number of likely N-dealkylation sites (tertiary alicyclic amines) is 1. The van der Waals surface area contributed by atoms with Crippen molar-refractivity contribution in [3.63, 3.8) is 0 Å². The van der Waals surface area contributed by atoms with E-state index in [0.29, 0.717) is 5.15 Å². The molecule has 2 aromatic rings. The Labute approximate surface area is 145 Å². The zero-order valence-electron chi connectivity index (χ0n) is 13.6. The lowest BCUT2D eigenvalue weighted by Gasteiger charge is -2.51. The average Bonchev–Trinajstić information content (AvgIpc) is 2.95. The summed E-state index contributed by atoms with van der Waals surface area (Å²) in [5.74, 6) is 0.0617. The van der Waals surface area contributed by atoms with Crippen LogP contribution in [0.2, 0.25) is 5.15 Å². The lowest BCUT2D eigenvalue weighted by molar-refractivity contribution is 0.0555. The molecule has 1 saturated heterocycles. The third-order valence-corrected chi connectivity index (χ3v) is 6.02. The molecule has 4 heterocycles.